The largest absolute Gasteiger partial charge is 0.478 e. The van der Waals surface area contributed by atoms with E-state index in [-0.39, 0.29) is 11.3 Å². The number of nitrogens with zero attached hydrogens (tertiary/aromatic N) is 2. The predicted molar refractivity (Wildman–Crippen MR) is 68.1 cm³/mol. The van der Waals surface area contributed by atoms with Crippen LogP contribution in [0.15, 0.2) is 36.8 Å². The number of carboxylic acid groups (broad SMARTS) is 1. The molecule has 0 fully saturated rings. The van der Waals surface area contributed by atoms with E-state index in [1.807, 2.05) is 0 Å². The molecule has 6 nitrogen and oxygen atoms in total. The number of aromatic carboxylic acids is 1. The van der Waals surface area contributed by atoms with Gasteiger partial charge in [-0.25, -0.2) is 4.79 Å². The number of aromatic nitrogens is 2. The molecular weight excluding hydrogens is 246 g/mol. The van der Waals surface area contributed by atoms with Crippen molar-refractivity contribution in [3.8, 4) is 0 Å². The van der Waals surface area contributed by atoms with E-state index in [1.165, 1.54) is 18.3 Å². The maximum atomic E-state index is 12.0. The van der Waals surface area contributed by atoms with Crippen molar-refractivity contribution in [3.05, 3.63) is 53.6 Å². The summed E-state index contributed by atoms with van der Waals surface area (Å²) >= 11 is 0. The first-order valence-electron chi connectivity index (χ1n) is 5.50. The lowest BCUT2D eigenvalue weighted by Crippen LogP contribution is -2.18. The van der Waals surface area contributed by atoms with Crippen molar-refractivity contribution >= 4 is 17.6 Å². The second-order valence-corrected chi connectivity index (χ2v) is 3.85. The quantitative estimate of drug-likeness (QED) is 0.873. The molecule has 0 atom stereocenters. The lowest BCUT2D eigenvalue weighted by molar-refractivity contribution is 0.0691. The van der Waals surface area contributed by atoms with Gasteiger partial charge in [-0.1, -0.05) is 0 Å². The second kappa shape index (κ2) is 5.26. The van der Waals surface area contributed by atoms with Crippen molar-refractivity contribution in [2.75, 3.05) is 5.32 Å². The summed E-state index contributed by atoms with van der Waals surface area (Å²) in [7, 11) is 0. The van der Waals surface area contributed by atoms with Gasteiger partial charge >= 0.3 is 5.97 Å². The number of carbonyl (C=O) groups is 2. The number of rotatable bonds is 3. The maximum absolute atomic E-state index is 12.0. The molecule has 0 bridgehead atoms. The third kappa shape index (κ3) is 2.74. The Morgan fingerprint density at radius 1 is 1.26 bits per heavy atom. The molecule has 2 N–H and O–H groups in total. The van der Waals surface area contributed by atoms with Crippen LogP contribution in [-0.4, -0.2) is 27.0 Å². The fourth-order valence-corrected chi connectivity index (χ4v) is 1.55. The van der Waals surface area contributed by atoms with Gasteiger partial charge in [-0.2, -0.15) is 0 Å². The van der Waals surface area contributed by atoms with Crippen LogP contribution >= 0.6 is 0 Å². The van der Waals surface area contributed by atoms with Crippen molar-refractivity contribution in [3.63, 3.8) is 0 Å². The summed E-state index contributed by atoms with van der Waals surface area (Å²) in [6.45, 7) is 1.79. The third-order valence-corrected chi connectivity index (χ3v) is 2.52. The summed E-state index contributed by atoms with van der Waals surface area (Å²) < 4.78 is 0. The van der Waals surface area contributed by atoms with Crippen molar-refractivity contribution in [2.24, 2.45) is 0 Å². The van der Waals surface area contributed by atoms with E-state index >= 15 is 0 Å². The van der Waals surface area contributed by atoms with Crippen LogP contribution in [0.5, 0.6) is 0 Å². The lowest BCUT2D eigenvalue weighted by atomic mass is 10.1. The van der Waals surface area contributed by atoms with E-state index in [0.29, 0.717) is 5.69 Å². The maximum Gasteiger partial charge on any atom is 0.338 e. The zero-order chi connectivity index (χ0) is 13.8. The smallest absolute Gasteiger partial charge is 0.338 e. The van der Waals surface area contributed by atoms with Gasteiger partial charge in [0, 0.05) is 24.3 Å². The molecule has 2 rings (SSSR count). The van der Waals surface area contributed by atoms with E-state index in [4.69, 9.17) is 5.11 Å². The van der Waals surface area contributed by atoms with Crippen LogP contribution in [0.1, 0.15) is 26.4 Å². The Bertz CT molecular complexity index is 641. The first-order chi connectivity index (χ1) is 9.09. The molecule has 0 spiro atoms. The molecule has 19 heavy (non-hydrogen) atoms. The first-order valence-corrected chi connectivity index (χ1v) is 5.50. The zero-order valence-electron chi connectivity index (χ0n) is 10.1. The molecule has 2 heterocycles. The highest BCUT2D eigenvalue weighted by Gasteiger charge is 2.17. The van der Waals surface area contributed by atoms with Crippen molar-refractivity contribution in [1.29, 1.82) is 0 Å². The van der Waals surface area contributed by atoms with Crippen LogP contribution in [0.2, 0.25) is 0 Å². The van der Waals surface area contributed by atoms with Gasteiger partial charge < -0.3 is 10.4 Å². The standard InChI is InChI=1S/C13H11N3O3/c1-8-7-14-6-4-10(8)16-12(17)11-9(13(18)19)3-2-5-15-11/h2-7H,1H3,(H,18,19)(H,14,16,17). The molecule has 2 aromatic rings. The van der Waals surface area contributed by atoms with Crippen molar-refractivity contribution in [2.45, 2.75) is 6.92 Å². The molecule has 0 saturated heterocycles. The molecule has 0 aliphatic rings. The van der Waals surface area contributed by atoms with Gasteiger partial charge in [-0.05, 0) is 30.7 Å². The van der Waals surface area contributed by atoms with E-state index in [9.17, 15) is 9.59 Å². The van der Waals surface area contributed by atoms with Crippen LogP contribution in [-0.2, 0) is 0 Å². The summed E-state index contributed by atoms with van der Waals surface area (Å²) in [5, 5.41) is 11.6. The lowest BCUT2D eigenvalue weighted by Gasteiger charge is -2.08. The topological polar surface area (TPSA) is 92.2 Å². The number of nitrogens with one attached hydrogen (secondary N) is 1. The van der Waals surface area contributed by atoms with Crippen molar-refractivity contribution < 1.29 is 14.7 Å². The summed E-state index contributed by atoms with van der Waals surface area (Å²) in [6, 6.07) is 4.44. The average molecular weight is 257 g/mol. The van der Waals surface area contributed by atoms with Crippen LogP contribution in [0.4, 0.5) is 5.69 Å². The fourth-order valence-electron chi connectivity index (χ4n) is 1.55. The molecule has 2 aromatic heterocycles. The minimum Gasteiger partial charge on any atom is -0.478 e. The van der Waals surface area contributed by atoms with Gasteiger partial charge in [0.25, 0.3) is 5.91 Å². The van der Waals surface area contributed by atoms with E-state index < -0.39 is 11.9 Å². The summed E-state index contributed by atoms with van der Waals surface area (Å²) in [5.74, 6) is -1.75. The van der Waals surface area contributed by atoms with Crippen LogP contribution in [0.3, 0.4) is 0 Å². The summed E-state index contributed by atoms with van der Waals surface area (Å²) in [6.07, 6.45) is 4.52. The minimum absolute atomic E-state index is 0.119. The normalized spacial score (nSPS) is 9.95. The monoisotopic (exact) mass is 257 g/mol. The predicted octanol–water partition coefficient (Wildman–Crippen LogP) is 1.74. The fraction of sp³-hybridized carbons (Fsp3) is 0.0769. The van der Waals surface area contributed by atoms with E-state index in [1.54, 1.807) is 25.4 Å². The summed E-state index contributed by atoms with van der Waals surface area (Å²) in [5.41, 5.74) is 1.10. The number of anilines is 1. The molecule has 96 valence electrons. The molecule has 0 saturated carbocycles. The van der Waals surface area contributed by atoms with Gasteiger partial charge in [0.1, 0.15) is 5.69 Å². The average Bonchev–Trinajstić information content (AvgIpc) is 2.41. The van der Waals surface area contributed by atoms with Gasteiger partial charge in [-0.3, -0.25) is 14.8 Å². The van der Waals surface area contributed by atoms with E-state index in [0.717, 1.165) is 5.56 Å². The number of carboxylic acids is 1. The van der Waals surface area contributed by atoms with Gasteiger partial charge in [0.05, 0.1) is 5.56 Å². The molecule has 0 aliphatic carbocycles. The van der Waals surface area contributed by atoms with Crippen LogP contribution < -0.4 is 5.32 Å². The molecule has 1 amide bonds. The number of pyridine rings is 2. The molecule has 6 heteroatoms. The highest BCUT2D eigenvalue weighted by Crippen LogP contribution is 2.14. The van der Waals surface area contributed by atoms with Crippen LogP contribution in [0, 0.1) is 6.92 Å². The Morgan fingerprint density at radius 2 is 2.05 bits per heavy atom. The zero-order valence-corrected chi connectivity index (χ0v) is 10.1. The van der Waals surface area contributed by atoms with Crippen LogP contribution in [0.25, 0.3) is 0 Å². The molecule has 0 aromatic carbocycles. The third-order valence-electron chi connectivity index (χ3n) is 2.52. The second-order valence-electron chi connectivity index (χ2n) is 3.85. The number of hydrogen-bond donors (Lipinski definition) is 2. The molecule has 0 radical (unpaired) electrons. The SMILES string of the molecule is Cc1cnccc1NC(=O)c1ncccc1C(=O)O. The molecular formula is C13H11N3O3. The molecule has 0 unspecified atom stereocenters. The highest BCUT2D eigenvalue weighted by atomic mass is 16.4. The summed E-state index contributed by atoms with van der Waals surface area (Å²) in [4.78, 5) is 30.8. The van der Waals surface area contributed by atoms with Gasteiger partial charge in [0.15, 0.2) is 0 Å². The van der Waals surface area contributed by atoms with E-state index in [2.05, 4.69) is 15.3 Å². The molecule has 0 aliphatic heterocycles. The Kier molecular flexibility index (Phi) is 3.51. The van der Waals surface area contributed by atoms with Crippen molar-refractivity contribution in [1.82, 2.24) is 9.97 Å². The Hall–Kier alpha value is -2.76. The highest BCUT2D eigenvalue weighted by molar-refractivity contribution is 6.09. The number of aryl methyl sites for hydroxylation is 1. The van der Waals surface area contributed by atoms with Gasteiger partial charge in [0.2, 0.25) is 0 Å². The number of hydrogen-bond acceptors (Lipinski definition) is 4. The minimum atomic E-state index is -1.19. The Morgan fingerprint density at radius 3 is 2.74 bits per heavy atom. The number of amides is 1. The van der Waals surface area contributed by atoms with Gasteiger partial charge in [-0.15, -0.1) is 0 Å². The Labute approximate surface area is 109 Å². The number of carbonyl (C=O) groups excluding carboxylic acids is 1. The first kappa shape index (κ1) is 12.7. The Balaban J connectivity index is 2.31.